The third kappa shape index (κ3) is 3.24. The van der Waals surface area contributed by atoms with E-state index in [-0.39, 0.29) is 5.25 Å². The maximum Gasteiger partial charge on any atom is 0.162 e. The second-order valence-electron chi connectivity index (χ2n) is 5.78. The van der Waals surface area contributed by atoms with Crippen molar-refractivity contribution in [1.29, 1.82) is 0 Å². The van der Waals surface area contributed by atoms with Crippen LogP contribution in [0.15, 0.2) is 23.1 Å². The van der Waals surface area contributed by atoms with Gasteiger partial charge in [0.1, 0.15) is 13.2 Å². The minimum atomic E-state index is -1.02. The molecule has 116 valence electrons. The minimum absolute atomic E-state index is 0.167. The van der Waals surface area contributed by atoms with Gasteiger partial charge in [-0.05, 0) is 37.4 Å². The van der Waals surface area contributed by atoms with Gasteiger partial charge in [0.05, 0.1) is 10.8 Å². The van der Waals surface area contributed by atoms with Crippen LogP contribution in [0.25, 0.3) is 0 Å². The van der Waals surface area contributed by atoms with E-state index in [1.165, 1.54) is 12.8 Å². The molecule has 1 fully saturated rings. The van der Waals surface area contributed by atoms with E-state index in [4.69, 9.17) is 15.2 Å². The van der Waals surface area contributed by atoms with Crippen LogP contribution in [0.4, 0.5) is 0 Å². The maximum atomic E-state index is 13.0. The van der Waals surface area contributed by atoms with Crippen molar-refractivity contribution in [3.8, 4) is 11.5 Å². The molecule has 1 heterocycles. The molecular weight excluding hydrogens is 286 g/mol. The molecule has 1 aliphatic carbocycles. The highest BCUT2D eigenvalue weighted by atomic mass is 32.2. The maximum absolute atomic E-state index is 13.0. The molecule has 0 radical (unpaired) electrons. The first-order valence-corrected chi connectivity index (χ1v) is 9.01. The first-order chi connectivity index (χ1) is 10.3. The molecule has 4 nitrogen and oxygen atoms in total. The largest absolute Gasteiger partial charge is 0.486 e. The Balaban J connectivity index is 1.83. The van der Waals surface area contributed by atoms with Crippen LogP contribution in [0.3, 0.4) is 0 Å². The van der Waals surface area contributed by atoms with E-state index in [1.807, 2.05) is 18.2 Å². The summed E-state index contributed by atoms with van der Waals surface area (Å²) in [7, 11) is -1.02. The summed E-state index contributed by atoms with van der Waals surface area (Å²) in [5, 5.41) is 0.167. The average molecular weight is 309 g/mol. The van der Waals surface area contributed by atoms with Gasteiger partial charge in [0.2, 0.25) is 0 Å². The Morgan fingerprint density at radius 3 is 2.67 bits per heavy atom. The summed E-state index contributed by atoms with van der Waals surface area (Å²) in [5.41, 5.74) is 5.91. The first kappa shape index (κ1) is 14.9. The van der Waals surface area contributed by atoms with Gasteiger partial charge in [-0.25, -0.2) is 0 Å². The van der Waals surface area contributed by atoms with Gasteiger partial charge in [-0.2, -0.15) is 0 Å². The summed E-state index contributed by atoms with van der Waals surface area (Å²) in [6.45, 7) is 1.76. The van der Waals surface area contributed by atoms with Crippen LogP contribution in [0.2, 0.25) is 0 Å². The SMILES string of the molecule is NCC1CCCCCC1S(=O)c1ccc2c(c1)OCCO2. The first-order valence-electron chi connectivity index (χ1n) is 7.80. The molecule has 2 N–H and O–H groups in total. The molecule has 1 aromatic carbocycles. The summed E-state index contributed by atoms with van der Waals surface area (Å²) in [4.78, 5) is 0.838. The Bertz CT molecular complexity index is 520. The zero-order chi connectivity index (χ0) is 14.7. The normalized spacial score (nSPS) is 26.9. The second-order valence-corrected chi connectivity index (χ2v) is 7.45. The summed E-state index contributed by atoms with van der Waals surface area (Å²) < 4.78 is 24.1. The summed E-state index contributed by atoms with van der Waals surface area (Å²) in [6.07, 6.45) is 5.68. The lowest BCUT2D eigenvalue weighted by Crippen LogP contribution is -2.30. The average Bonchev–Trinajstić information content (AvgIpc) is 2.79. The molecule has 0 spiro atoms. The lowest BCUT2D eigenvalue weighted by molar-refractivity contribution is 0.171. The Hall–Kier alpha value is -1.07. The highest BCUT2D eigenvalue weighted by Gasteiger charge is 2.29. The van der Waals surface area contributed by atoms with Gasteiger partial charge in [-0.15, -0.1) is 0 Å². The van der Waals surface area contributed by atoms with Gasteiger partial charge in [0.25, 0.3) is 0 Å². The minimum Gasteiger partial charge on any atom is -0.486 e. The Labute approximate surface area is 128 Å². The molecule has 1 aliphatic heterocycles. The van der Waals surface area contributed by atoms with Crippen LogP contribution in [0, 0.1) is 5.92 Å². The number of hydrogen-bond donors (Lipinski definition) is 1. The quantitative estimate of drug-likeness (QED) is 0.871. The van der Waals surface area contributed by atoms with Crippen LogP contribution in [-0.2, 0) is 10.8 Å². The Morgan fingerprint density at radius 2 is 1.86 bits per heavy atom. The van der Waals surface area contributed by atoms with E-state index in [9.17, 15) is 4.21 Å². The zero-order valence-corrected chi connectivity index (χ0v) is 13.1. The summed E-state index contributed by atoms with van der Waals surface area (Å²) in [6, 6.07) is 5.65. The highest BCUT2D eigenvalue weighted by molar-refractivity contribution is 7.85. The van der Waals surface area contributed by atoms with E-state index >= 15 is 0 Å². The monoisotopic (exact) mass is 309 g/mol. The van der Waals surface area contributed by atoms with Crippen LogP contribution >= 0.6 is 0 Å². The van der Waals surface area contributed by atoms with Crippen molar-refractivity contribution in [3.05, 3.63) is 18.2 Å². The number of rotatable bonds is 3. The van der Waals surface area contributed by atoms with Crippen LogP contribution < -0.4 is 15.2 Å². The molecule has 0 amide bonds. The molecule has 3 atom stereocenters. The molecule has 0 bridgehead atoms. The second kappa shape index (κ2) is 6.79. The molecular formula is C16H23NO3S. The van der Waals surface area contributed by atoms with E-state index in [2.05, 4.69) is 0 Å². The number of nitrogens with two attached hydrogens (primary N) is 1. The third-order valence-electron chi connectivity index (χ3n) is 4.41. The number of ether oxygens (including phenoxy) is 2. The molecule has 0 aromatic heterocycles. The predicted octanol–water partition coefficient (Wildman–Crippen LogP) is 2.47. The highest BCUT2D eigenvalue weighted by Crippen LogP contribution is 2.35. The molecule has 3 unspecified atom stereocenters. The smallest absolute Gasteiger partial charge is 0.162 e. The van der Waals surface area contributed by atoms with Gasteiger partial charge in [0.15, 0.2) is 11.5 Å². The van der Waals surface area contributed by atoms with Crippen molar-refractivity contribution in [1.82, 2.24) is 0 Å². The predicted molar refractivity (Wildman–Crippen MR) is 83.3 cm³/mol. The van der Waals surface area contributed by atoms with Crippen molar-refractivity contribution in [3.63, 3.8) is 0 Å². The molecule has 5 heteroatoms. The van der Waals surface area contributed by atoms with Gasteiger partial charge in [0, 0.05) is 16.2 Å². The van der Waals surface area contributed by atoms with Crippen molar-refractivity contribution in [2.75, 3.05) is 19.8 Å². The number of fused-ring (bicyclic) bond motifs is 1. The van der Waals surface area contributed by atoms with E-state index < -0.39 is 10.8 Å². The third-order valence-corrected chi connectivity index (χ3v) is 6.30. The van der Waals surface area contributed by atoms with E-state index in [0.29, 0.717) is 31.4 Å². The van der Waals surface area contributed by atoms with Crippen LogP contribution in [0.5, 0.6) is 11.5 Å². The summed E-state index contributed by atoms with van der Waals surface area (Å²) in [5.74, 6) is 1.82. The Kier molecular flexibility index (Phi) is 4.80. The zero-order valence-electron chi connectivity index (χ0n) is 12.3. The van der Waals surface area contributed by atoms with Crippen molar-refractivity contribution >= 4 is 10.8 Å². The van der Waals surface area contributed by atoms with E-state index in [0.717, 1.165) is 29.9 Å². The molecule has 3 rings (SSSR count). The molecule has 2 aliphatic rings. The van der Waals surface area contributed by atoms with Crippen LogP contribution in [-0.4, -0.2) is 29.2 Å². The standard InChI is InChI=1S/C16H23NO3S/c17-11-12-4-2-1-3-5-16(12)21(18)13-6-7-14-15(10-13)20-9-8-19-14/h6-7,10,12,16H,1-5,8-9,11,17H2. The van der Waals surface area contributed by atoms with Gasteiger partial charge in [-0.3, -0.25) is 4.21 Å². The van der Waals surface area contributed by atoms with Gasteiger partial charge >= 0.3 is 0 Å². The fraction of sp³-hybridized carbons (Fsp3) is 0.625. The topological polar surface area (TPSA) is 61.6 Å². The van der Waals surface area contributed by atoms with E-state index in [1.54, 1.807) is 0 Å². The van der Waals surface area contributed by atoms with Crippen LogP contribution in [0.1, 0.15) is 32.1 Å². The lowest BCUT2D eigenvalue weighted by Gasteiger charge is -2.24. The van der Waals surface area contributed by atoms with Gasteiger partial charge in [-0.1, -0.05) is 19.3 Å². The molecule has 1 saturated carbocycles. The van der Waals surface area contributed by atoms with Crippen molar-refractivity contribution in [2.45, 2.75) is 42.2 Å². The fourth-order valence-corrected chi connectivity index (χ4v) is 4.98. The molecule has 0 saturated heterocycles. The fourth-order valence-electron chi connectivity index (χ4n) is 3.23. The van der Waals surface area contributed by atoms with Gasteiger partial charge < -0.3 is 15.2 Å². The molecule has 1 aromatic rings. The van der Waals surface area contributed by atoms with Crippen molar-refractivity contribution in [2.24, 2.45) is 11.7 Å². The number of hydrogen-bond acceptors (Lipinski definition) is 4. The molecule has 21 heavy (non-hydrogen) atoms. The number of benzene rings is 1. The summed E-state index contributed by atoms with van der Waals surface area (Å²) >= 11 is 0. The lowest BCUT2D eigenvalue weighted by atomic mass is 10.0. The Morgan fingerprint density at radius 1 is 1.10 bits per heavy atom. The van der Waals surface area contributed by atoms with Crippen molar-refractivity contribution < 1.29 is 13.7 Å².